The molecule has 4 amide bonds. The van der Waals surface area contributed by atoms with Crippen LogP contribution in [-0.2, 0) is 19.2 Å². The number of rotatable bonds is 5. The van der Waals surface area contributed by atoms with Gasteiger partial charge in [-0.2, -0.15) is 0 Å². The van der Waals surface area contributed by atoms with Gasteiger partial charge in [0, 0.05) is 18.1 Å². The van der Waals surface area contributed by atoms with Gasteiger partial charge in [-0.3, -0.25) is 24.1 Å². The third kappa shape index (κ3) is 2.71. The molecule has 0 spiro atoms. The maximum absolute atomic E-state index is 13.6. The molecule has 7 nitrogen and oxygen atoms in total. The van der Waals surface area contributed by atoms with E-state index in [1.807, 2.05) is 6.92 Å². The van der Waals surface area contributed by atoms with Crippen molar-refractivity contribution in [3.8, 4) is 0 Å². The molecule has 160 valence electrons. The van der Waals surface area contributed by atoms with Crippen LogP contribution >= 0.6 is 11.6 Å². The molecule has 3 saturated heterocycles. The van der Waals surface area contributed by atoms with E-state index in [4.69, 9.17) is 11.6 Å². The minimum atomic E-state index is -1.38. The van der Waals surface area contributed by atoms with E-state index in [1.54, 1.807) is 43.0 Å². The number of likely N-dealkylation sites (tertiary alicyclic amines) is 1. The number of halogens is 1. The van der Waals surface area contributed by atoms with E-state index in [2.05, 4.69) is 0 Å². The third-order valence-electron chi connectivity index (χ3n) is 6.79. The first-order valence-corrected chi connectivity index (χ1v) is 10.9. The van der Waals surface area contributed by atoms with Crippen molar-refractivity contribution >= 4 is 35.2 Å². The number of carbonyl (C=O) groups excluding carboxylic acids is 4. The van der Waals surface area contributed by atoms with Crippen molar-refractivity contribution in [2.45, 2.75) is 45.2 Å². The van der Waals surface area contributed by atoms with Crippen molar-refractivity contribution in [2.75, 3.05) is 19.6 Å². The number of piperazine rings is 1. The predicted molar refractivity (Wildman–Crippen MR) is 110 cm³/mol. The van der Waals surface area contributed by atoms with Crippen LogP contribution in [0.5, 0.6) is 0 Å². The number of fused-ring (bicyclic) bond motifs is 3. The van der Waals surface area contributed by atoms with Gasteiger partial charge in [0.1, 0.15) is 5.54 Å². The number of benzene rings is 1. The fourth-order valence-electron chi connectivity index (χ4n) is 5.40. The number of hydrogen-bond acceptors (Lipinski definition) is 4. The van der Waals surface area contributed by atoms with Crippen LogP contribution in [0.15, 0.2) is 24.3 Å². The van der Waals surface area contributed by atoms with Crippen LogP contribution < -0.4 is 0 Å². The normalized spacial score (nSPS) is 30.9. The molecular weight excluding hydrogens is 406 g/mol. The molecule has 4 rings (SSSR count). The summed E-state index contributed by atoms with van der Waals surface area (Å²) in [5, 5.41) is 0.534. The number of hydrogen-bond donors (Lipinski definition) is 0. The molecule has 0 aliphatic carbocycles. The van der Waals surface area contributed by atoms with Crippen molar-refractivity contribution < 1.29 is 19.2 Å². The monoisotopic (exact) mass is 431 g/mol. The van der Waals surface area contributed by atoms with Gasteiger partial charge >= 0.3 is 0 Å². The van der Waals surface area contributed by atoms with Crippen molar-refractivity contribution in [3.05, 3.63) is 34.9 Å². The second-order valence-electron chi connectivity index (χ2n) is 8.41. The van der Waals surface area contributed by atoms with Crippen LogP contribution in [0.25, 0.3) is 0 Å². The third-order valence-corrected chi connectivity index (χ3v) is 7.04. The number of imide groups is 1. The molecule has 3 aliphatic rings. The zero-order valence-electron chi connectivity index (χ0n) is 17.4. The Balaban J connectivity index is 1.86. The topological polar surface area (TPSA) is 78.0 Å². The Bertz CT molecular complexity index is 917. The van der Waals surface area contributed by atoms with Gasteiger partial charge in [-0.1, -0.05) is 37.1 Å². The van der Waals surface area contributed by atoms with E-state index in [9.17, 15) is 19.2 Å². The quantitative estimate of drug-likeness (QED) is 0.670. The second-order valence-corrected chi connectivity index (χ2v) is 8.85. The number of carbonyl (C=O) groups is 4. The van der Waals surface area contributed by atoms with Crippen LogP contribution in [0, 0.1) is 11.8 Å². The second kappa shape index (κ2) is 7.38. The van der Waals surface area contributed by atoms with Crippen LogP contribution in [0.1, 0.15) is 45.2 Å². The van der Waals surface area contributed by atoms with Crippen molar-refractivity contribution in [3.63, 3.8) is 0 Å². The lowest BCUT2D eigenvalue weighted by molar-refractivity contribution is -0.167. The summed E-state index contributed by atoms with van der Waals surface area (Å²) < 4.78 is 0. The first kappa shape index (κ1) is 20.8. The molecule has 0 bridgehead atoms. The Labute approximate surface area is 180 Å². The molecule has 8 heteroatoms. The number of unbranched alkanes of at least 4 members (excludes halogenated alkanes) is 1. The molecule has 3 fully saturated rings. The van der Waals surface area contributed by atoms with Crippen LogP contribution in [0.2, 0.25) is 5.02 Å². The van der Waals surface area contributed by atoms with Crippen molar-refractivity contribution in [1.82, 2.24) is 14.7 Å². The SMILES string of the molecule is CCCCN1CC(=O)N2C(c3ccc(Cl)cc3)C3C(=O)N(CC)C(=O)C3[C@]2(C)C1=O. The molecule has 3 unspecified atom stereocenters. The molecule has 4 atom stereocenters. The summed E-state index contributed by atoms with van der Waals surface area (Å²) in [4.78, 5) is 57.8. The smallest absolute Gasteiger partial charge is 0.249 e. The summed E-state index contributed by atoms with van der Waals surface area (Å²) in [5.74, 6) is -2.82. The van der Waals surface area contributed by atoms with Gasteiger partial charge in [-0.15, -0.1) is 0 Å². The summed E-state index contributed by atoms with van der Waals surface area (Å²) in [6.45, 7) is 6.10. The Kier molecular flexibility index (Phi) is 5.12. The van der Waals surface area contributed by atoms with Gasteiger partial charge in [-0.05, 0) is 38.0 Å². The average molecular weight is 432 g/mol. The highest BCUT2D eigenvalue weighted by atomic mass is 35.5. The number of nitrogens with zero attached hydrogens (tertiary/aromatic N) is 3. The van der Waals surface area contributed by atoms with Gasteiger partial charge in [0.2, 0.25) is 23.6 Å². The molecule has 1 aromatic carbocycles. The molecular formula is C22H26ClN3O4. The fraction of sp³-hybridized carbons (Fsp3) is 0.545. The lowest BCUT2D eigenvalue weighted by Crippen LogP contribution is -2.67. The van der Waals surface area contributed by atoms with E-state index >= 15 is 0 Å². The average Bonchev–Trinajstić information content (AvgIpc) is 3.15. The molecule has 1 aromatic rings. The molecule has 3 heterocycles. The summed E-state index contributed by atoms with van der Waals surface area (Å²) in [6, 6.07) is 6.26. The zero-order chi connectivity index (χ0) is 21.8. The van der Waals surface area contributed by atoms with Crippen LogP contribution in [0.3, 0.4) is 0 Å². The summed E-state index contributed by atoms with van der Waals surface area (Å²) in [6.07, 6.45) is 1.66. The maximum Gasteiger partial charge on any atom is 0.249 e. The Morgan fingerprint density at radius 3 is 2.33 bits per heavy atom. The lowest BCUT2D eigenvalue weighted by atomic mass is 9.79. The molecule has 0 saturated carbocycles. The van der Waals surface area contributed by atoms with E-state index in [0.29, 0.717) is 17.1 Å². The van der Waals surface area contributed by atoms with Crippen LogP contribution in [-0.4, -0.2) is 63.5 Å². The van der Waals surface area contributed by atoms with Gasteiger partial charge in [-0.25, -0.2) is 0 Å². The van der Waals surface area contributed by atoms with Crippen molar-refractivity contribution in [2.24, 2.45) is 11.8 Å². The Morgan fingerprint density at radius 1 is 1.07 bits per heavy atom. The molecule has 0 aromatic heterocycles. The largest absolute Gasteiger partial charge is 0.331 e. The molecule has 3 aliphatic heterocycles. The minimum absolute atomic E-state index is 0.0299. The lowest BCUT2D eigenvalue weighted by Gasteiger charge is -2.47. The first-order valence-electron chi connectivity index (χ1n) is 10.5. The predicted octanol–water partition coefficient (Wildman–Crippen LogP) is 2.25. The van der Waals surface area contributed by atoms with Crippen molar-refractivity contribution in [1.29, 1.82) is 0 Å². The Morgan fingerprint density at radius 2 is 1.73 bits per heavy atom. The maximum atomic E-state index is 13.6. The first-order chi connectivity index (χ1) is 14.3. The summed E-state index contributed by atoms with van der Waals surface area (Å²) >= 11 is 6.04. The van der Waals surface area contributed by atoms with E-state index < -0.39 is 23.4 Å². The van der Waals surface area contributed by atoms with E-state index in [1.165, 1.54) is 9.80 Å². The van der Waals surface area contributed by atoms with Gasteiger partial charge in [0.15, 0.2) is 0 Å². The van der Waals surface area contributed by atoms with Gasteiger partial charge in [0.05, 0.1) is 24.4 Å². The van der Waals surface area contributed by atoms with Gasteiger partial charge in [0.25, 0.3) is 0 Å². The standard InChI is InChI=1S/C22H26ClN3O4/c1-4-6-11-24-12-15(27)26-18(13-7-9-14(23)10-8-13)16-17(22(26,3)21(24)30)20(29)25(5-2)19(16)28/h7-10,16-18H,4-6,11-12H2,1-3H3/t16?,17?,18?,22-/m1/s1. The fourth-order valence-corrected chi connectivity index (χ4v) is 5.52. The number of amides is 4. The zero-order valence-corrected chi connectivity index (χ0v) is 18.2. The van der Waals surface area contributed by atoms with E-state index in [-0.39, 0.29) is 36.7 Å². The molecule has 0 N–H and O–H groups in total. The highest BCUT2D eigenvalue weighted by Crippen LogP contribution is 2.56. The van der Waals surface area contributed by atoms with E-state index in [0.717, 1.165) is 12.8 Å². The van der Waals surface area contributed by atoms with Gasteiger partial charge < -0.3 is 9.80 Å². The van der Waals surface area contributed by atoms with Crippen LogP contribution in [0.4, 0.5) is 0 Å². The Hall–Kier alpha value is -2.41. The summed E-state index contributed by atoms with van der Waals surface area (Å²) in [7, 11) is 0. The summed E-state index contributed by atoms with van der Waals surface area (Å²) in [5.41, 5.74) is -0.672. The minimum Gasteiger partial charge on any atom is -0.331 e. The molecule has 0 radical (unpaired) electrons. The highest BCUT2D eigenvalue weighted by molar-refractivity contribution is 6.30. The highest BCUT2D eigenvalue weighted by Gasteiger charge is 2.72. The molecule has 30 heavy (non-hydrogen) atoms.